The number of nitrogens with one attached hydrogen (secondary N) is 1. The lowest BCUT2D eigenvalue weighted by molar-refractivity contribution is -0.132. The van der Waals surface area contributed by atoms with E-state index in [4.69, 9.17) is 14.1 Å². The summed E-state index contributed by atoms with van der Waals surface area (Å²) < 4.78 is 24.7. The highest BCUT2D eigenvalue weighted by Gasteiger charge is 2.38. The summed E-state index contributed by atoms with van der Waals surface area (Å²) in [5.74, 6) is 1.98. The first kappa shape index (κ1) is 19.8. The fourth-order valence-corrected chi connectivity index (χ4v) is 5.06. The molecule has 3 aliphatic rings. The number of hydrogen-bond donors (Lipinski definition) is 1. The number of amides is 1. The Morgan fingerprint density at radius 1 is 1.27 bits per heavy atom. The van der Waals surface area contributed by atoms with Crippen LogP contribution in [0.2, 0.25) is 0 Å². The normalized spacial score (nSPS) is 28.5. The zero-order valence-corrected chi connectivity index (χ0v) is 17.3. The summed E-state index contributed by atoms with van der Waals surface area (Å²) in [4.78, 5) is 21.5. The first-order valence-corrected chi connectivity index (χ1v) is 11.0. The molecule has 1 N–H and O–H groups in total. The minimum atomic E-state index is -0.863. The van der Waals surface area contributed by atoms with Gasteiger partial charge in [-0.1, -0.05) is 0 Å². The van der Waals surface area contributed by atoms with Crippen molar-refractivity contribution >= 4 is 17.0 Å². The van der Waals surface area contributed by atoms with Gasteiger partial charge in [0.2, 0.25) is 5.91 Å². The van der Waals surface area contributed by atoms with Crippen molar-refractivity contribution in [1.82, 2.24) is 20.1 Å². The Morgan fingerprint density at radius 2 is 2.10 bits per heavy atom. The Hall–Kier alpha value is -2.19. The van der Waals surface area contributed by atoms with Gasteiger partial charge >= 0.3 is 0 Å². The molecule has 1 aromatic heterocycles. The molecule has 3 fully saturated rings. The molecule has 3 saturated heterocycles. The third kappa shape index (κ3) is 3.78. The molecule has 0 aliphatic carbocycles. The molecule has 1 amide bonds. The third-order valence-electron chi connectivity index (χ3n) is 6.85. The maximum absolute atomic E-state index is 13.4. The van der Waals surface area contributed by atoms with Gasteiger partial charge in [0.25, 0.3) is 0 Å². The van der Waals surface area contributed by atoms with E-state index in [9.17, 15) is 9.18 Å². The number of nitrogens with zero attached hydrogens (tertiary/aromatic N) is 3. The Morgan fingerprint density at radius 3 is 2.83 bits per heavy atom. The molecule has 8 heteroatoms. The molecular weight excluding hydrogens is 387 g/mol. The maximum atomic E-state index is 13.4. The number of methoxy groups -OCH3 is 1. The number of aromatic nitrogens is 1. The van der Waals surface area contributed by atoms with Crippen LogP contribution >= 0.6 is 0 Å². The average molecular weight is 416 g/mol. The number of carbonyl (C=O) groups excluding carboxylic acids is 1. The molecule has 0 radical (unpaired) electrons. The van der Waals surface area contributed by atoms with Crippen molar-refractivity contribution < 1.29 is 18.3 Å². The largest absolute Gasteiger partial charge is 0.497 e. The van der Waals surface area contributed by atoms with Crippen molar-refractivity contribution in [3.05, 3.63) is 24.1 Å². The number of halogens is 1. The SMILES string of the molecule is COc1ccc2oc(C3CCN([C@@H]4CN[C@H](C(=O)N5CC[C@@H](F)C5)C4)CC3)nc2c1. The fourth-order valence-electron chi connectivity index (χ4n) is 5.06. The van der Waals surface area contributed by atoms with E-state index in [0.29, 0.717) is 24.9 Å². The number of benzene rings is 1. The molecule has 0 saturated carbocycles. The molecule has 7 nitrogen and oxygen atoms in total. The van der Waals surface area contributed by atoms with E-state index < -0.39 is 6.17 Å². The molecule has 3 atom stereocenters. The maximum Gasteiger partial charge on any atom is 0.239 e. The van der Waals surface area contributed by atoms with Crippen molar-refractivity contribution in [3.8, 4) is 5.75 Å². The summed E-state index contributed by atoms with van der Waals surface area (Å²) in [5.41, 5.74) is 1.64. The summed E-state index contributed by atoms with van der Waals surface area (Å²) in [6, 6.07) is 5.89. The summed E-state index contributed by atoms with van der Waals surface area (Å²) in [5, 5.41) is 3.37. The van der Waals surface area contributed by atoms with Gasteiger partial charge in [-0.2, -0.15) is 0 Å². The minimum absolute atomic E-state index is 0.0643. The number of alkyl halides is 1. The number of ether oxygens (including phenoxy) is 1. The van der Waals surface area contributed by atoms with Gasteiger partial charge in [0, 0.05) is 31.1 Å². The van der Waals surface area contributed by atoms with Gasteiger partial charge < -0.3 is 19.4 Å². The van der Waals surface area contributed by atoms with Crippen LogP contribution in [0.4, 0.5) is 4.39 Å². The summed E-state index contributed by atoms with van der Waals surface area (Å²) >= 11 is 0. The summed E-state index contributed by atoms with van der Waals surface area (Å²) in [6.45, 7) is 3.55. The summed E-state index contributed by atoms with van der Waals surface area (Å²) in [6.07, 6.45) is 2.40. The van der Waals surface area contributed by atoms with Gasteiger partial charge in [0.1, 0.15) is 17.4 Å². The van der Waals surface area contributed by atoms with Crippen molar-refractivity contribution in [1.29, 1.82) is 0 Å². The number of rotatable bonds is 4. The number of hydrogen-bond acceptors (Lipinski definition) is 6. The molecule has 162 valence electrons. The van der Waals surface area contributed by atoms with Crippen LogP contribution in [0, 0.1) is 0 Å². The lowest BCUT2D eigenvalue weighted by Crippen LogP contribution is -2.43. The Bertz CT molecular complexity index is 911. The molecule has 3 aliphatic heterocycles. The number of piperidine rings is 1. The van der Waals surface area contributed by atoms with Crippen LogP contribution in [0.1, 0.15) is 37.5 Å². The van der Waals surface area contributed by atoms with Gasteiger partial charge in [-0.3, -0.25) is 9.69 Å². The van der Waals surface area contributed by atoms with Gasteiger partial charge in [-0.25, -0.2) is 9.37 Å². The highest BCUT2D eigenvalue weighted by atomic mass is 19.1. The van der Waals surface area contributed by atoms with E-state index in [1.165, 1.54) is 0 Å². The monoisotopic (exact) mass is 416 g/mol. The van der Waals surface area contributed by atoms with Crippen LogP contribution in [0.15, 0.2) is 22.6 Å². The zero-order chi connectivity index (χ0) is 20.7. The lowest BCUT2D eigenvalue weighted by Gasteiger charge is -2.34. The number of fused-ring (bicyclic) bond motifs is 1. The third-order valence-corrected chi connectivity index (χ3v) is 6.85. The van der Waals surface area contributed by atoms with E-state index in [0.717, 1.165) is 61.6 Å². The lowest BCUT2D eigenvalue weighted by atomic mass is 9.95. The van der Waals surface area contributed by atoms with E-state index in [-0.39, 0.29) is 18.5 Å². The number of carbonyl (C=O) groups is 1. The second kappa shape index (κ2) is 8.15. The summed E-state index contributed by atoms with van der Waals surface area (Å²) in [7, 11) is 1.65. The molecule has 0 bridgehead atoms. The molecule has 5 rings (SSSR count). The second-order valence-electron chi connectivity index (χ2n) is 8.72. The van der Waals surface area contributed by atoms with Crippen molar-refractivity contribution in [2.24, 2.45) is 0 Å². The van der Waals surface area contributed by atoms with Gasteiger partial charge in [0.15, 0.2) is 11.5 Å². The molecule has 0 spiro atoms. The standard InChI is InChI=1S/C22H29FN4O3/c1-29-17-2-3-20-18(11-17)25-21(30-20)14-4-7-26(8-5-14)16-10-19(24-12-16)22(28)27-9-6-15(23)13-27/h2-3,11,14-16,19,24H,4-10,12-13H2,1H3/t15-,16+,19+/m1/s1. The Balaban J connectivity index is 1.16. The van der Waals surface area contributed by atoms with Crippen LogP contribution in [0.5, 0.6) is 5.75 Å². The first-order valence-electron chi connectivity index (χ1n) is 11.0. The van der Waals surface area contributed by atoms with Crippen LogP contribution in [0.3, 0.4) is 0 Å². The fraction of sp³-hybridized carbons (Fsp3) is 0.636. The smallest absolute Gasteiger partial charge is 0.239 e. The molecule has 0 unspecified atom stereocenters. The van der Waals surface area contributed by atoms with Crippen LogP contribution in [-0.2, 0) is 4.79 Å². The van der Waals surface area contributed by atoms with E-state index >= 15 is 0 Å². The Kier molecular flexibility index (Phi) is 5.37. The zero-order valence-electron chi connectivity index (χ0n) is 17.3. The predicted molar refractivity (Wildman–Crippen MR) is 110 cm³/mol. The van der Waals surface area contributed by atoms with Gasteiger partial charge in [-0.05, 0) is 50.9 Å². The predicted octanol–water partition coefficient (Wildman–Crippen LogP) is 2.32. The van der Waals surface area contributed by atoms with E-state index in [1.807, 2.05) is 18.2 Å². The Labute approximate surface area is 175 Å². The quantitative estimate of drug-likeness (QED) is 0.825. The van der Waals surface area contributed by atoms with Gasteiger partial charge in [0.05, 0.1) is 19.7 Å². The topological polar surface area (TPSA) is 70.8 Å². The minimum Gasteiger partial charge on any atom is -0.497 e. The molecule has 4 heterocycles. The number of oxazole rings is 1. The van der Waals surface area contributed by atoms with Crippen LogP contribution in [0.25, 0.3) is 11.1 Å². The number of likely N-dealkylation sites (tertiary alicyclic amines) is 2. The van der Waals surface area contributed by atoms with Crippen molar-refractivity contribution in [3.63, 3.8) is 0 Å². The van der Waals surface area contributed by atoms with Crippen molar-refractivity contribution in [2.75, 3.05) is 39.8 Å². The van der Waals surface area contributed by atoms with E-state index in [2.05, 4.69) is 10.2 Å². The van der Waals surface area contributed by atoms with Gasteiger partial charge in [-0.15, -0.1) is 0 Å². The first-order chi connectivity index (χ1) is 14.6. The average Bonchev–Trinajstić information content (AvgIpc) is 3.52. The molecule has 30 heavy (non-hydrogen) atoms. The highest BCUT2D eigenvalue weighted by Crippen LogP contribution is 2.32. The van der Waals surface area contributed by atoms with E-state index in [1.54, 1.807) is 12.0 Å². The van der Waals surface area contributed by atoms with Crippen LogP contribution in [-0.4, -0.2) is 78.8 Å². The van der Waals surface area contributed by atoms with Crippen LogP contribution < -0.4 is 10.1 Å². The second-order valence-corrected chi connectivity index (χ2v) is 8.72. The van der Waals surface area contributed by atoms with Crippen molar-refractivity contribution in [2.45, 2.75) is 49.9 Å². The molecular formula is C22H29FN4O3. The molecule has 1 aromatic carbocycles. The molecule has 2 aromatic rings. The highest BCUT2D eigenvalue weighted by molar-refractivity contribution is 5.82.